The number of carbonyl (C=O) groups excluding carboxylic acids is 1. The lowest BCUT2D eigenvalue weighted by Crippen LogP contribution is -2.44. The Morgan fingerprint density at radius 1 is 0.793 bits per heavy atom. The maximum absolute atomic E-state index is 11.9. The number of aliphatic carboxylic acids is 1. The number of allylic oxidation sites excluding steroid dienone is 2. The molecule has 0 saturated carbocycles. The van der Waals surface area contributed by atoms with E-state index in [1.54, 1.807) is 0 Å². The first-order valence-corrected chi connectivity index (χ1v) is 12.2. The van der Waals surface area contributed by atoms with Gasteiger partial charge in [0.2, 0.25) is 5.91 Å². The number of carboxylic acid groups (broad SMARTS) is 1. The lowest BCUT2D eigenvalue weighted by Gasteiger charge is -2.20. The van der Waals surface area contributed by atoms with Gasteiger partial charge in [0.05, 0.1) is 0 Å². The van der Waals surface area contributed by atoms with Crippen molar-refractivity contribution in [1.29, 1.82) is 0 Å². The van der Waals surface area contributed by atoms with Crippen molar-refractivity contribution < 1.29 is 14.7 Å². The minimum absolute atomic E-state index is 0.0460. The molecule has 2 atom stereocenters. The molecule has 0 bridgehead atoms. The van der Waals surface area contributed by atoms with Crippen LogP contribution in [0.4, 0.5) is 0 Å². The standard InChI is InChI=1S/C25H47NO3/c1-4-6-7-8-9-10-11-12-13-14-15-16-17-18-19-20-21-23(27)26-24(25(28)29)22(3)5-2/h13-14,22,24H,4-12,15-21H2,1-3H3,(H,26,27)(H,28,29)/b14-13-/t22-,24-/m0/s1. The quantitative estimate of drug-likeness (QED) is 0.167. The third-order valence-corrected chi connectivity index (χ3v) is 5.71. The monoisotopic (exact) mass is 409 g/mol. The maximum atomic E-state index is 11.9. The molecule has 2 N–H and O–H groups in total. The Labute approximate surface area is 179 Å². The zero-order chi connectivity index (χ0) is 21.7. The topological polar surface area (TPSA) is 66.4 Å². The lowest BCUT2D eigenvalue weighted by molar-refractivity contribution is -0.143. The third kappa shape index (κ3) is 17.3. The van der Waals surface area contributed by atoms with Gasteiger partial charge in [0.25, 0.3) is 0 Å². The van der Waals surface area contributed by atoms with E-state index in [9.17, 15) is 14.7 Å². The summed E-state index contributed by atoms with van der Waals surface area (Å²) in [6, 6.07) is -0.764. The second kappa shape index (κ2) is 20.0. The highest BCUT2D eigenvalue weighted by molar-refractivity contribution is 5.83. The highest BCUT2D eigenvalue weighted by atomic mass is 16.4. The summed E-state index contributed by atoms with van der Waals surface area (Å²) in [7, 11) is 0. The van der Waals surface area contributed by atoms with Crippen molar-refractivity contribution in [3.63, 3.8) is 0 Å². The largest absolute Gasteiger partial charge is 0.480 e. The minimum atomic E-state index is -0.937. The number of amides is 1. The minimum Gasteiger partial charge on any atom is -0.480 e. The molecule has 0 spiro atoms. The van der Waals surface area contributed by atoms with Crippen molar-refractivity contribution in [1.82, 2.24) is 5.32 Å². The third-order valence-electron chi connectivity index (χ3n) is 5.71. The first-order chi connectivity index (χ1) is 14.0. The first-order valence-electron chi connectivity index (χ1n) is 12.2. The Kier molecular flexibility index (Phi) is 19.1. The van der Waals surface area contributed by atoms with Crippen molar-refractivity contribution in [2.75, 3.05) is 0 Å². The average Bonchev–Trinajstić information content (AvgIpc) is 2.70. The van der Waals surface area contributed by atoms with E-state index in [1.165, 1.54) is 64.2 Å². The van der Waals surface area contributed by atoms with Crippen molar-refractivity contribution in [3.05, 3.63) is 12.2 Å². The van der Waals surface area contributed by atoms with E-state index < -0.39 is 12.0 Å². The molecule has 0 fully saturated rings. The van der Waals surface area contributed by atoms with Gasteiger partial charge in [0.15, 0.2) is 0 Å². The van der Waals surface area contributed by atoms with Crippen LogP contribution in [0.1, 0.15) is 124 Å². The van der Waals surface area contributed by atoms with Crippen LogP contribution in [0.2, 0.25) is 0 Å². The van der Waals surface area contributed by atoms with Gasteiger partial charge in [-0.05, 0) is 38.0 Å². The summed E-state index contributed by atoms with van der Waals surface area (Å²) in [5.74, 6) is -1.12. The van der Waals surface area contributed by atoms with Crippen LogP contribution in [-0.4, -0.2) is 23.0 Å². The van der Waals surface area contributed by atoms with Crippen LogP contribution in [0.5, 0.6) is 0 Å². The fraction of sp³-hybridized carbons (Fsp3) is 0.840. The predicted molar refractivity (Wildman–Crippen MR) is 123 cm³/mol. The van der Waals surface area contributed by atoms with Crippen molar-refractivity contribution >= 4 is 11.9 Å². The molecule has 0 aromatic heterocycles. The molecule has 170 valence electrons. The summed E-state index contributed by atoms with van der Waals surface area (Å²) in [5, 5.41) is 11.9. The summed E-state index contributed by atoms with van der Waals surface area (Å²) in [6.45, 7) is 6.07. The molecule has 0 aliphatic carbocycles. The molecule has 4 nitrogen and oxygen atoms in total. The number of hydrogen-bond acceptors (Lipinski definition) is 2. The normalized spacial score (nSPS) is 13.5. The SMILES string of the molecule is CCCCCCCCC/C=C\CCCCCCCC(=O)N[C@H](C(=O)O)[C@@H](C)CC. The van der Waals surface area contributed by atoms with Crippen molar-refractivity contribution in [2.24, 2.45) is 5.92 Å². The second-order valence-corrected chi connectivity index (χ2v) is 8.46. The molecule has 0 aromatic carbocycles. The van der Waals surface area contributed by atoms with Crippen molar-refractivity contribution in [3.8, 4) is 0 Å². The molecule has 0 rings (SSSR count). The zero-order valence-electron chi connectivity index (χ0n) is 19.4. The number of nitrogens with one attached hydrogen (secondary N) is 1. The Bertz CT molecular complexity index is 434. The number of hydrogen-bond donors (Lipinski definition) is 2. The van der Waals surface area contributed by atoms with Crippen LogP contribution in [0.15, 0.2) is 12.2 Å². The molecule has 0 saturated heterocycles. The molecule has 0 heterocycles. The van der Waals surface area contributed by atoms with E-state index in [4.69, 9.17) is 0 Å². The van der Waals surface area contributed by atoms with Gasteiger partial charge < -0.3 is 10.4 Å². The molecule has 0 aliphatic rings. The van der Waals surface area contributed by atoms with Gasteiger partial charge in [-0.1, -0.05) is 97.1 Å². The molecule has 0 aliphatic heterocycles. The first kappa shape index (κ1) is 27.7. The zero-order valence-corrected chi connectivity index (χ0v) is 19.4. The van der Waals surface area contributed by atoms with E-state index in [0.717, 1.165) is 32.1 Å². The Morgan fingerprint density at radius 3 is 1.76 bits per heavy atom. The summed E-state index contributed by atoms with van der Waals surface area (Å²) in [6.07, 6.45) is 23.2. The van der Waals surface area contributed by atoms with E-state index in [0.29, 0.717) is 6.42 Å². The molecule has 4 heteroatoms. The van der Waals surface area contributed by atoms with E-state index >= 15 is 0 Å². The summed E-state index contributed by atoms with van der Waals surface area (Å²) in [5.41, 5.74) is 0. The fourth-order valence-electron chi connectivity index (χ4n) is 3.46. The smallest absolute Gasteiger partial charge is 0.326 e. The molecular weight excluding hydrogens is 362 g/mol. The fourth-order valence-corrected chi connectivity index (χ4v) is 3.46. The molecule has 0 unspecified atom stereocenters. The molecule has 1 amide bonds. The van der Waals surface area contributed by atoms with Crippen LogP contribution in [0.25, 0.3) is 0 Å². The molecule has 0 aromatic rings. The number of carboxylic acids is 1. The Hall–Kier alpha value is -1.32. The number of unbranched alkanes of at least 4 members (excludes halogenated alkanes) is 12. The highest BCUT2D eigenvalue weighted by Gasteiger charge is 2.24. The maximum Gasteiger partial charge on any atom is 0.326 e. The van der Waals surface area contributed by atoms with Crippen LogP contribution >= 0.6 is 0 Å². The molecule has 29 heavy (non-hydrogen) atoms. The average molecular weight is 410 g/mol. The number of rotatable bonds is 20. The molecule has 0 radical (unpaired) electrons. The van der Waals surface area contributed by atoms with Gasteiger partial charge in [-0.3, -0.25) is 4.79 Å². The van der Waals surface area contributed by atoms with Gasteiger partial charge in [-0.25, -0.2) is 4.79 Å². The summed E-state index contributed by atoms with van der Waals surface area (Å²) in [4.78, 5) is 23.2. The Balaban J connectivity index is 3.50. The van der Waals surface area contributed by atoms with Crippen LogP contribution < -0.4 is 5.32 Å². The van der Waals surface area contributed by atoms with Crippen LogP contribution in [-0.2, 0) is 9.59 Å². The van der Waals surface area contributed by atoms with E-state index in [1.807, 2.05) is 13.8 Å². The number of carbonyl (C=O) groups is 2. The molecular formula is C25H47NO3. The van der Waals surface area contributed by atoms with Gasteiger partial charge >= 0.3 is 5.97 Å². The van der Waals surface area contributed by atoms with Crippen LogP contribution in [0.3, 0.4) is 0 Å². The van der Waals surface area contributed by atoms with Gasteiger partial charge in [-0.15, -0.1) is 0 Å². The Morgan fingerprint density at radius 2 is 1.28 bits per heavy atom. The predicted octanol–water partition coefficient (Wildman–Crippen LogP) is 7.03. The van der Waals surface area contributed by atoms with Crippen LogP contribution in [0, 0.1) is 5.92 Å². The highest BCUT2D eigenvalue weighted by Crippen LogP contribution is 2.11. The van der Waals surface area contributed by atoms with Gasteiger partial charge in [-0.2, -0.15) is 0 Å². The van der Waals surface area contributed by atoms with Gasteiger partial charge in [0, 0.05) is 6.42 Å². The summed E-state index contributed by atoms with van der Waals surface area (Å²) < 4.78 is 0. The van der Waals surface area contributed by atoms with E-state index in [2.05, 4.69) is 24.4 Å². The second-order valence-electron chi connectivity index (χ2n) is 8.46. The lowest BCUT2D eigenvalue weighted by atomic mass is 9.99. The van der Waals surface area contributed by atoms with Gasteiger partial charge in [0.1, 0.15) is 6.04 Å². The van der Waals surface area contributed by atoms with Crippen molar-refractivity contribution in [2.45, 2.75) is 130 Å². The summed E-state index contributed by atoms with van der Waals surface area (Å²) >= 11 is 0. The van der Waals surface area contributed by atoms with E-state index in [-0.39, 0.29) is 11.8 Å².